The highest BCUT2D eigenvalue weighted by molar-refractivity contribution is 5.87. The van der Waals surface area contributed by atoms with Gasteiger partial charge in [0.25, 0.3) is 0 Å². The summed E-state index contributed by atoms with van der Waals surface area (Å²) in [5.74, 6) is -0.504. The van der Waals surface area contributed by atoms with E-state index in [0.29, 0.717) is 31.8 Å². The highest BCUT2D eigenvalue weighted by Gasteiger charge is 2.49. The lowest BCUT2D eigenvalue weighted by atomic mass is 9.93. The third-order valence-corrected chi connectivity index (χ3v) is 3.67. The van der Waals surface area contributed by atoms with Crippen LogP contribution in [-0.4, -0.2) is 52.6 Å². The standard InChI is InChI=1S/C13H24N2O3/c1-5-13(11(16)17)7-6-8-15(13)12(18)14(4)9-10(2)3/h10H,5-9H2,1-4H3,(H,16,17). The smallest absolute Gasteiger partial charge is 0.329 e. The van der Waals surface area contributed by atoms with Gasteiger partial charge in [0.15, 0.2) is 0 Å². The Bertz CT molecular complexity index is 330. The number of nitrogens with zero attached hydrogens (tertiary/aromatic N) is 2. The number of rotatable bonds is 4. The molecule has 1 saturated heterocycles. The number of hydrogen-bond acceptors (Lipinski definition) is 2. The molecule has 0 bridgehead atoms. The molecule has 1 fully saturated rings. The van der Waals surface area contributed by atoms with Crippen molar-refractivity contribution in [3.05, 3.63) is 0 Å². The minimum absolute atomic E-state index is 0.162. The fourth-order valence-electron chi connectivity index (χ4n) is 2.73. The summed E-state index contributed by atoms with van der Waals surface area (Å²) in [5.41, 5.74) is -0.998. The first kappa shape index (κ1) is 14.8. The molecule has 1 unspecified atom stereocenters. The SMILES string of the molecule is CCC1(C(=O)O)CCCN1C(=O)N(C)CC(C)C. The van der Waals surface area contributed by atoms with Crippen molar-refractivity contribution in [2.75, 3.05) is 20.1 Å². The molecule has 0 saturated carbocycles. The predicted octanol–water partition coefficient (Wildman–Crippen LogP) is 2.02. The van der Waals surface area contributed by atoms with Gasteiger partial charge in [-0.1, -0.05) is 20.8 Å². The van der Waals surface area contributed by atoms with E-state index in [1.807, 2.05) is 20.8 Å². The van der Waals surface area contributed by atoms with E-state index in [2.05, 4.69) is 0 Å². The third-order valence-electron chi connectivity index (χ3n) is 3.67. The molecule has 0 aromatic heterocycles. The molecule has 0 aliphatic carbocycles. The van der Waals surface area contributed by atoms with E-state index in [1.165, 1.54) is 4.90 Å². The molecule has 5 heteroatoms. The Labute approximate surface area is 109 Å². The van der Waals surface area contributed by atoms with Crippen LogP contribution in [0.5, 0.6) is 0 Å². The van der Waals surface area contributed by atoms with Gasteiger partial charge >= 0.3 is 12.0 Å². The zero-order chi connectivity index (χ0) is 13.9. The number of likely N-dealkylation sites (tertiary alicyclic amines) is 1. The molecule has 18 heavy (non-hydrogen) atoms. The maximum atomic E-state index is 12.3. The minimum Gasteiger partial charge on any atom is -0.479 e. The molecule has 0 spiro atoms. The van der Waals surface area contributed by atoms with Crippen molar-refractivity contribution in [3.8, 4) is 0 Å². The number of hydrogen-bond donors (Lipinski definition) is 1. The zero-order valence-electron chi connectivity index (χ0n) is 11.8. The van der Waals surface area contributed by atoms with E-state index in [-0.39, 0.29) is 6.03 Å². The van der Waals surface area contributed by atoms with Gasteiger partial charge in [-0.2, -0.15) is 0 Å². The van der Waals surface area contributed by atoms with Crippen LogP contribution >= 0.6 is 0 Å². The molecule has 1 aliphatic rings. The van der Waals surface area contributed by atoms with Gasteiger partial charge in [-0.3, -0.25) is 0 Å². The maximum Gasteiger partial charge on any atom is 0.329 e. The number of carbonyl (C=O) groups is 2. The van der Waals surface area contributed by atoms with E-state index in [1.54, 1.807) is 11.9 Å². The van der Waals surface area contributed by atoms with E-state index in [9.17, 15) is 14.7 Å². The van der Waals surface area contributed by atoms with Crippen LogP contribution < -0.4 is 0 Å². The Morgan fingerprint density at radius 2 is 2.06 bits per heavy atom. The first-order valence-electron chi connectivity index (χ1n) is 6.61. The van der Waals surface area contributed by atoms with Crippen molar-refractivity contribution in [2.45, 2.75) is 45.6 Å². The molecule has 0 aromatic carbocycles. The normalized spacial score (nSPS) is 23.5. The summed E-state index contributed by atoms with van der Waals surface area (Å²) in [6, 6.07) is -0.162. The van der Waals surface area contributed by atoms with Crippen LogP contribution in [0.3, 0.4) is 0 Å². The van der Waals surface area contributed by atoms with Crippen molar-refractivity contribution in [1.29, 1.82) is 0 Å². The van der Waals surface area contributed by atoms with Crippen LogP contribution in [0.4, 0.5) is 4.79 Å². The molecule has 1 rings (SSSR count). The second-order valence-corrected chi connectivity index (χ2v) is 5.50. The van der Waals surface area contributed by atoms with Crippen molar-refractivity contribution in [3.63, 3.8) is 0 Å². The number of carbonyl (C=O) groups excluding carboxylic acids is 1. The van der Waals surface area contributed by atoms with Gasteiger partial charge in [0.2, 0.25) is 0 Å². The second kappa shape index (κ2) is 5.59. The lowest BCUT2D eigenvalue weighted by molar-refractivity contribution is -0.148. The molecule has 104 valence electrons. The Morgan fingerprint density at radius 3 is 2.50 bits per heavy atom. The van der Waals surface area contributed by atoms with E-state index < -0.39 is 11.5 Å². The van der Waals surface area contributed by atoms with Crippen molar-refractivity contribution in [2.24, 2.45) is 5.92 Å². The molecule has 1 heterocycles. The van der Waals surface area contributed by atoms with Gasteiger partial charge in [-0.05, 0) is 25.2 Å². The molecule has 1 N–H and O–H groups in total. The molecule has 5 nitrogen and oxygen atoms in total. The summed E-state index contributed by atoms with van der Waals surface area (Å²) >= 11 is 0. The quantitative estimate of drug-likeness (QED) is 0.837. The number of carboxylic acid groups (broad SMARTS) is 1. The number of urea groups is 1. The monoisotopic (exact) mass is 256 g/mol. The molecular formula is C13H24N2O3. The third kappa shape index (κ3) is 2.60. The molecule has 1 atom stereocenters. The van der Waals surface area contributed by atoms with Gasteiger partial charge in [0.1, 0.15) is 5.54 Å². The summed E-state index contributed by atoms with van der Waals surface area (Å²) in [7, 11) is 1.74. The summed E-state index contributed by atoms with van der Waals surface area (Å²) in [6.07, 6.45) is 1.78. The van der Waals surface area contributed by atoms with Gasteiger partial charge < -0.3 is 14.9 Å². The average molecular weight is 256 g/mol. The number of carboxylic acids is 1. The van der Waals surface area contributed by atoms with Gasteiger partial charge in [-0.15, -0.1) is 0 Å². The van der Waals surface area contributed by atoms with E-state index >= 15 is 0 Å². The molecule has 2 amide bonds. The van der Waals surface area contributed by atoms with Crippen LogP contribution in [-0.2, 0) is 4.79 Å². The number of amides is 2. The van der Waals surface area contributed by atoms with Crippen molar-refractivity contribution >= 4 is 12.0 Å². The largest absolute Gasteiger partial charge is 0.479 e. The van der Waals surface area contributed by atoms with Crippen molar-refractivity contribution in [1.82, 2.24) is 9.80 Å². The lowest BCUT2D eigenvalue weighted by Gasteiger charge is -2.36. The van der Waals surface area contributed by atoms with Crippen LogP contribution in [0.25, 0.3) is 0 Å². The van der Waals surface area contributed by atoms with Gasteiger partial charge in [0, 0.05) is 20.1 Å². The fourth-order valence-corrected chi connectivity index (χ4v) is 2.73. The highest BCUT2D eigenvalue weighted by Crippen LogP contribution is 2.33. The van der Waals surface area contributed by atoms with Crippen LogP contribution in [0.15, 0.2) is 0 Å². The van der Waals surface area contributed by atoms with Gasteiger partial charge in [-0.25, -0.2) is 9.59 Å². The Kier molecular flexibility index (Phi) is 4.59. The number of aliphatic carboxylic acids is 1. The van der Waals surface area contributed by atoms with E-state index in [0.717, 1.165) is 6.42 Å². The van der Waals surface area contributed by atoms with E-state index in [4.69, 9.17) is 0 Å². The Balaban J connectivity index is 2.87. The topological polar surface area (TPSA) is 60.9 Å². The molecule has 0 radical (unpaired) electrons. The summed E-state index contributed by atoms with van der Waals surface area (Å²) in [5, 5.41) is 9.43. The maximum absolute atomic E-state index is 12.3. The molecule has 0 aromatic rings. The summed E-state index contributed by atoms with van der Waals surface area (Å²) in [6.45, 7) is 7.11. The van der Waals surface area contributed by atoms with Gasteiger partial charge in [0.05, 0.1) is 0 Å². The van der Waals surface area contributed by atoms with Crippen molar-refractivity contribution < 1.29 is 14.7 Å². The van der Waals surface area contributed by atoms with Crippen LogP contribution in [0.1, 0.15) is 40.0 Å². The Morgan fingerprint density at radius 1 is 1.44 bits per heavy atom. The molecule has 1 aliphatic heterocycles. The minimum atomic E-state index is -0.998. The first-order chi connectivity index (χ1) is 8.35. The zero-order valence-corrected chi connectivity index (χ0v) is 11.8. The summed E-state index contributed by atoms with van der Waals surface area (Å²) < 4.78 is 0. The second-order valence-electron chi connectivity index (χ2n) is 5.50. The summed E-state index contributed by atoms with van der Waals surface area (Å²) in [4.78, 5) is 27.0. The van der Waals surface area contributed by atoms with Crippen LogP contribution in [0.2, 0.25) is 0 Å². The molecular weight excluding hydrogens is 232 g/mol. The lowest BCUT2D eigenvalue weighted by Crippen LogP contribution is -2.56. The predicted molar refractivity (Wildman–Crippen MR) is 69.5 cm³/mol. The first-order valence-corrected chi connectivity index (χ1v) is 6.61. The Hall–Kier alpha value is -1.26. The highest BCUT2D eigenvalue weighted by atomic mass is 16.4. The average Bonchev–Trinajstić information content (AvgIpc) is 2.71. The fraction of sp³-hybridized carbons (Fsp3) is 0.846. The van der Waals surface area contributed by atoms with Crippen LogP contribution in [0, 0.1) is 5.92 Å².